The molecule has 2 aliphatic rings. The molecule has 0 aliphatic heterocycles. The van der Waals surface area contributed by atoms with E-state index >= 15 is 0 Å². The Kier molecular flexibility index (Phi) is 4.49. The molecule has 0 N–H and O–H groups in total. The predicted octanol–water partition coefficient (Wildman–Crippen LogP) is 4.38. The Hall–Kier alpha value is -2.62. The molecule has 26 heavy (non-hydrogen) atoms. The number of fused-ring (bicyclic) bond motifs is 3. The van der Waals surface area contributed by atoms with E-state index in [0.717, 1.165) is 25.5 Å². The Morgan fingerprint density at radius 1 is 1.12 bits per heavy atom. The summed E-state index contributed by atoms with van der Waals surface area (Å²) in [6, 6.07) is 16.2. The summed E-state index contributed by atoms with van der Waals surface area (Å²) in [6.45, 7) is 2.05. The van der Waals surface area contributed by atoms with Crippen LogP contribution < -0.4 is 0 Å². The molecule has 1 unspecified atom stereocenters. The van der Waals surface area contributed by atoms with Crippen LogP contribution in [0.4, 0.5) is 4.79 Å². The second-order valence-electron chi connectivity index (χ2n) is 7.17. The van der Waals surface area contributed by atoms with Gasteiger partial charge in [-0.25, -0.2) is 4.79 Å². The van der Waals surface area contributed by atoms with Crippen molar-refractivity contribution in [3.05, 3.63) is 59.7 Å². The number of benzene rings is 2. The minimum atomic E-state index is -0.448. The van der Waals surface area contributed by atoms with Gasteiger partial charge < -0.3 is 9.53 Å². The highest BCUT2D eigenvalue weighted by Gasteiger charge is 2.35. The van der Waals surface area contributed by atoms with Crippen LogP contribution in [0.25, 0.3) is 11.1 Å². The number of amides is 1. The van der Waals surface area contributed by atoms with Gasteiger partial charge in [0.2, 0.25) is 0 Å². The van der Waals surface area contributed by atoms with Crippen molar-refractivity contribution >= 4 is 12.4 Å². The Morgan fingerprint density at radius 3 is 2.19 bits per heavy atom. The Labute approximate surface area is 153 Å². The first-order valence-electron chi connectivity index (χ1n) is 9.29. The lowest BCUT2D eigenvalue weighted by Crippen LogP contribution is -2.50. The third kappa shape index (κ3) is 2.79. The van der Waals surface area contributed by atoms with E-state index in [1.807, 2.05) is 24.3 Å². The van der Waals surface area contributed by atoms with E-state index in [1.165, 1.54) is 22.3 Å². The Bertz CT molecular complexity index is 782. The molecule has 4 rings (SSSR count). The predicted molar refractivity (Wildman–Crippen MR) is 100 cm³/mol. The van der Waals surface area contributed by atoms with Gasteiger partial charge in [0.05, 0.1) is 6.04 Å². The molecule has 2 aromatic rings. The van der Waals surface area contributed by atoms with Crippen molar-refractivity contribution in [2.24, 2.45) is 0 Å². The molecular weight excluding hydrogens is 326 g/mol. The van der Waals surface area contributed by atoms with Crippen LogP contribution in [-0.2, 0) is 9.53 Å². The molecule has 2 aliphatic carbocycles. The molecule has 0 radical (unpaired) electrons. The average molecular weight is 349 g/mol. The maximum atomic E-state index is 12.7. The minimum Gasteiger partial charge on any atom is -0.448 e. The Balaban J connectivity index is 1.54. The lowest BCUT2D eigenvalue weighted by atomic mass is 9.91. The number of carbonyl (C=O) groups is 2. The smallest absolute Gasteiger partial charge is 0.410 e. The summed E-state index contributed by atoms with van der Waals surface area (Å²) >= 11 is 0. The van der Waals surface area contributed by atoms with Crippen molar-refractivity contribution in [2.45, 2.75) is 44.2 Å². The van der Waals surface area contributed by atoms with Gasteiger partial charge in [-0.1, -0.05) is 48.5 Å². The van der Waals surface area contributed by atoms with Gasteiger partial charge in [0.1, 0.15) is 12.9 Å². The molecule has 0 saturated heterocycles. The number of rotatable bonds is 5. The van der Waals surface area contributed by atoms with E-state index in [4.69, 9.17) is 4.74 Å². The van der Waals surface area contributed by atoms with Crippen LogP contribution in [0.5, 0.6) is 0 Å². The summed E-state index contributed by atoms with van der Waals surface area (Å²) < 4.78 is 5.71. The van der Waals surface area contributed by atoms with Gasteiger partial charge in [-0.05, 0) is 48.4 Å². The van der Waals surface area contributed by atoms with Gasteiger partial charge in [0.15, 0.2) is 0 Å². The third-order valence-corrected chi connectivity index (χ3v) is 5.65. The van der Waals surface area contributed by atoms with Crippen LogP contribution in [-0.4, -0.2) is 36.0 Å². The molecule has 1 amide bonds. The zero-order valence-corrected chi connectivity index (χ0v) is 14.9. The molecule has 1 fully saturated rings. The average Bonchev–Trinajstić information content (AvgIpc) is 2.96. The third-order valence-electron chi connectivity index (χ3n) is 5.65. The molecule has 0 heterocycles. The summed E-state index contributed by atoms with van der Waals surface area (Å²) in [6.07, 6.45) is 3.43. The van der Waals surface area contributed by atoms with Crippen molar-refractivity contribution in [3.8, 4) is 11.1 Å². The van der Waals surface area contributed by atoms with Gasteiger partial charge in [-0.15, -0.1) is 0 Å². The summed E-state index contributed by atoms with van der Waals surface area (Å²) in [5.74, 6) is 0.0427. The van der Waals surface area contributed by atoms with Crippen molar-refractivity contribution < 1.29 is 14.3 Å². The van der Waals surface area contributed by atoms with Crippen LogP contribution in [0.15, 0.2) is 48.5 Å². The fourth-order valence-corrected chi connectivity index (χ4v) is 4.05. The van der Waals surface area contributed by atoms with Crippen molar-refractivity contribution in [2.75, 3.05) is 6.61 Å². The molecule has 134 valence electrons. The molecule has 0 aromatic heterocycles. The van der Waals surface area contributed by atoms with Gasteiger partial charge in [-0.2, -0.15) is 0 Å². The van der Waals surface area contributed by atoms with E-state index in [2.05, 4.69) is 24.3 Å². The molecule has 4 nitrogen and oxygen atoms in total. The van der Waals surface area contributed by atoms with Crippen LogP contribution in [0.3, 0.4) is 0 Å². The minimum absolute atomic E-state index is 0.0427. The number of ether oxygens (including phenoxy) is 1. The maximum Gasteiger partial charge on any atom is 0.410 e. The van der Waals surface area contributed by atoms with Gasteiger partial charge in [-0.3, -0.25) is 4.90 Å². The first-order valence-corrected chi connectivity index (χ1v) is 9.29. The van der Waals surface area contributed by atoms with Crippen LogP contribution in [0, 0.1) is 0 Å². The molecule has 1 atom stereocenters. The molecule has 4 heteroatoms. The lowest BCUT2D eigenvalue weighted by molar-refractivity contribution is -0.112. The number of aldehydes is 1. The number of carbonyl (C=O) groups excluding carboxylic acids is 2. The first-order chi connectivity index (χ1) is 12.7. The van der Waals surface area contributed by atoms with Gasteiger partial charge in [0.25, 0.3) is 0 Å². The van der Waals surface area contributed by atoms with Crippen molar-refractivity contribution in [1.82, 2.24) is 4.90 Å². The van der Waals surface area contributed by atoms with Crippen LogP contribution in [0.2, 0.25) is 0 Å². The van der Waals surface area contributed by atoms with Crippen LogP contribution >= 0.6 is 0 Å². The highest BCUT2D eigenvalue weighted by molar-refractivity contribution is 5.79. The maximum absolute atomic E-state index is 12.7. The fourth-order valence-electron chi connectivity index (χ4n) is 4.05. The second-order valence-corrected chi connectivity index (χ2v) is 7.17. The topological polar surface area (TPSA) is 46.6 Å². The lowest BCUT2D eigenvalue weighted by Gasteiger charge is -2.38. The summed E-state index contributed by atoms with van der Waals surface area (Å²) in [5, 5.41) is 0. The standard InChI is InChI=1S/C22H23NO3/c1-15(13-24)23(16-7-6-8-16)22(25)26-14-21-19-11-4-2-9-17(19)18-10-3-5-12-20(18)21/h2-5,9-13,15-16,21H,6-8,14H2,1H3. The van der Waals surface area contributed by atoms with Crippen LogP contribution in [0.1, 0.15) is 43.2 Å². The normalized spacial score (nSPS) is 17.0. The van der Waals surface area contributed by atoms with Crippen molar-refractivity contribution in [3.63, 3.8) is 0 Å². The summed E-state index contributed by atoms with van der Waals surface area (Å²) in [7, 11) is 0. The summed E-state index contributed by atoms with van der Waals surface area (Å²) in [5.41, 5.74) is 4.81. The number of nitrogens with zero attached hydrogens (tertiary/aromatic N) is 1. The SMILES string of the molecule is CC(C=O)N(C(=O)OCC1c2ccccc2-c2ccccc21)C1CCC1. The van der Waals surface area contributed by atoms with E-state index in [1.54, 1.807) is 11.8 Å². The zero-order valence-electron chi connectivity index (χ0n) is 14.9. The highest BCUT2D eigenvalue weighted by Crippen LogP contribution is 2.44. The fraction of sp³-hybridized carbons (Fsp3) is 0.364. The number of hydrogen-bond donors (Lipinski definition) is 0. The van der Waals surface area contributed by atoms with E-state index in [-0.39, 0.29) is 18.1 Å². The van der Waals surface area contributed by atoms with E-state index in [9.17, 15) is 9.59 Å². The van der Waals surface area contributed by atoms with Gasteiger partial charge >= 0.3 is 6.09 Å². The second kappa shape index (κ2) is 6.94. The highest BCUT2D eigenvalue weighted by atomic mass is 16.6. The largest absolute Gasteiger partial charge is 0.448 e. The van der Waals surface area contributed by atoms with E-state index in [0.29, 0.717) is 6.61 Å². The monoisotopic (exact) mass is 349 g/mol. The van der Waals surface area contributed by atoms with Crippen molar-refractivity contribution in [1.29, 1.82) is 0 Å². The number of hydrogen-bond acceptors (Lipinski definition) is 3. The molecule has 1 saturated carbocycles. The quantitative estimate of drug-likeness (QED) is 0.753. The zero-order chi connectivity index (χ0) is 18.1. The molecule has 0 bridgehead atoms. The molecule has 0 spiro atoms. The Morgan fingerprint density at radius 2 is 1.69 bits per heavy atom. The molecule has 2 aromatic carbocycles. The first kappa shape index (κ1) is 16.8. The van der Waals surface area contributed by atoms with E-state index < -0.39 is 6.04 Å². The summed E-state index contributed by atoms with van der Waals surface area (Å²) in [4.78, 5) is 25.6. The molecular formula is C22H23NO3. The van der Waals surface area contributed by atoms with Gasteiger partial charge in [0, 0.05) is 12.0 Å².